The van der Waals surface area contributed by atoms with Gasteiger partial charge in [0.25, 0.3) is 0 Å². The minimum Gasteiger partial charge on any atom is -0.333 e. The molecule has 1 aliphatic rings. The molecular weight excluding hydrogens is 245 g/mol. The Bertz CT molecular complexity index is 296. The summed E-state index contributed by atoms with van der Waals surface area (Å²) in [5.41, 5.74) is -0.694. The zero-order valence-electron chi connectivity index (χ0n) is 11.1. The smallest absolute Gasteiger partial charge is 0.333 e. The average molecular weight is 266 g/mol. The van der Waals surface area contributed by atoms with Gasteiger partial charge in [0, 0.05) is 13.1 Å². The number of hydrogen-bond donors (Lipinski definition) is 1. The summed E-state index contributed by atoms with van der Waals surface area (Å²) in [6.45, 7) is 5.49. The first-order valence-electron chi connectivity index (χ1n) is 6.21. The molecule has 0 aromatic carbocycles. The van der Waals surface area contributed by atoms with Crippen LogP contribution < -0.4 is 5.32 Å². The first-order valence-corrected chi connectivity index (χ1v) is 6.21. The van der Waals surface area contributed by atoms with Crippen molar-refractivity contribution in [1.29, 1.82) is 0 Å². The number of hydrogen-bond acceptors (Lipinski definition) is 2. The number of carbonyl (C=O) groups excluding carboxylic acids is 1. The van der Waals surface area contributed by atoms with Crippen molar-refractivity contribution in [1.82, 2.24) is 10.2 Å². The second-order valence-electron chi connectivity index (χ2n) is 5.68. The van der Waals surface area contributed by atoms with Gasteiger partial charge < -0.3 is 10.2 Å². The Morgan fingerprint density at radius 3 is 2.44 bits per heavy atom. The van der Waals surface area contributed by atoms with Crippen molar-refractivity contribution < 1.29 is 18.0 Å². The van der Waals surface area contributed by atoms with Gasteiger partial charge in [0.1, 0.15) is 6.54 Å². The summed E-state index contributed by atoms with van der Waals surface area (Å²) in [6, 6.07) is 0. The van der Waals surface area contributed by atoms with Crippen LogP contribution in [0.25, 0.3) is 0 Å². The average Bonchev–Trinajstić information content (AvgIpc) is 2.61. The highest BCUT2D eigenvalue weighted by Gasteiger charge is 2.42. The second kappa shape index (κ2) is 5.47. The number of amides is 1. The van der Waals surface area contributed by atoms with Crippen molar-refractivity contribution in [2.45, 2.75) is 33.4 Å². The number of nitrogens with zero attached hydrogens (tertiary/aromatic N) is 1. The topological polar surface area (TPSA) is 32.3 Å². The predicted octanol–water partition coefficient (Wildman–Crippen LogP) is 2.03. The Morgan fingerprint density at radius 2 is 2.06 bits per heavy atom. The van der Waals surface area contributed by atoms with Gasteiger partial charge in [-0.1, -0.05) is 13.8 Å². The molecule has 1 heterocycles. The third-order valence-electron chi connectivity index (χ3n) is 3.13. The van der Waals surface area contributed by atoms with Gasteiger partial charge in [-0.05, 0) is 25.8 Å². The SMILES string of the molecule is CC(C)CN(CC(F)(F)F)C(=O)C1(C)CCNC1. The molecule has 0 aromatic heterocycles. The van der Waals surface area contributed by atoms with Crippen LogP contribution in [0.1, 0.15) is 27.2 Å². The highest BCUT2D eigenvalue weighted by Crippen LogP contribution is 2.29. The molecule has 0 aromatic rings. The van der Waals surface area contributed by atoms with Crippen molar-refractivity contribution in [2.24, 2.45) is 11.3 Å². The summed E-state index contributed by atoms with van der Waals surface area (Å²) in [5.74, 6) is -0.368. The van der Waals surface area contributed by atoms with Gasteiger partial charge in [-0.2, -0.15) is 13.2 Å². The highest BCUT2D eigenvalue weighted by atomic mass is 19.4. The molecule has 3 nitrogen and oxygen atoms in total. The minimum atomic E-state index is -4.34. The van der Waals surface area contributed by atoms with Gasteiger partial charge in [0.2, 0.25) is 5.91 Å². The van der Waals surface area contributed by atoms with E-state index in [1.165, 1.54) is 0 Å². The van der Waals surface area contributed by atoms with E-state index in [-0.39, 0.29) is 12.5 Å². The van der Waals surface area contributed by atoms with Crippen LogP contribution in [0.3, 0.4) is 0 Å². The molecule has 106 valence electrons. The number of halogens is 3. The Labute approximate surface area is 106 Å². The van der Waals surface area contributed by atoms with Crippen LogP contribution in [-0.2, 0) is 4.79 Å². The van der Waals surface area contributed by atoms with Crippen molar-refractivity contribution >= 4 is 5.91 Å². The molecule has 6 heteroatoms. The maximum absolute atomic E-state index is 12.5. The maximum Gasteiger partial charge on any atom is 0.406 e. The van der Waals surface area contributed by atoms with E-state index in [1.807, 2.05) is 13.8 Å². The lowest BCUT2D eigenvalue weighted by atomic mass is 9.87. The molecule has 0 radical (unpaired) electrons. The normalized spacial score (nSPS) is 24.6. The van der Waals surface area contributed by atoms with Gasteiger partial charge in [-0.15, -0.1) is 0 Å². The van der Waals surface area contributed by atoms with Crippen LogP contribution in [0, 0.1) is 11.3 Å². The number of carbonyl (C=O) groups is 1. The van der Waals surface area contributed by atoms with Crippen molar-refractivity contribution in [3.8, 4) is 0 Å². The van der Waals surface area contributed by atoms with Gasteiger partial charge in [-0.3, -0.25) is 4.79 Å². The molecular formula is C12H21F3N2O. The van der Waals surface area contributed by atoms with E-state index in [9.17, 15) is 18.0 Å². The minimum absolute atomic E-state index is 0.0225. The van der Waals surface area contributed by atoms with Gasteiger partial charge >= 0.3 is 6.18 Å². The Hall–Kier alpha value is -0.780. The fraction of sp³-hybridized carbons (Fsp3) is 0.917. The molecule has 18 heavy (non-hydrogen) atoms. The van der Waals surface area contributed by atoms with Gasteiger partial charge in [0.15, 0.2) is 0 Å². The largest absolute Gasteiger partial charge is 0.406 e. The molecule has 1 N–H and O–H groups in total. The van der Waals surface area contributed by atoms with E-state index in [2.05, 4.69) is 5.32 Å². The third-order valence-corrected chi connectivity index (χ3v) is 3.13. The summed E-state index contributed by atoms with van der Waals surface area (Å²) in [6.07, 6.45) is -3.74. The van der Waals surface area contributed by atoms with Crippen molar-refractivity contribution in [2.75, 3.05) is 26.2 Å². The third kappa shape index (κ3) is 4.15. The van der Waals surface area contributed by atoms with E-state index in [1.54, 1.807) is 6.92 Å². The summed E-state index contributed by atoms with van der Waals surface area (Å²) >= 11 is 0. The van der Waals surface area contributed by atoms with Crippen LogP contribution in [0.4, 0.5) is 13.2 Å². The number of nitrogens with one attached hydrogen (secondary N) is 1. The first kappa shape index (κ1) is 15.3. The van der Waals surface area contributed by atoms with Crippen LogP contribution >= 0.6 is 0 Å². The zero-order chi connectivity index (χ0) is 14.0. The van der Waals surface area contributed by atoms with Crippen LogP contribution in [0.2, 0.25) is 0 Å². The van der Waals surface area contributed by atoms with Crippen molar-refractivity contribution in [3.63, 3.8) is 0 Å². The molecule has 1 amide bonds. The van der Waals surface area contributed by atoms with Crippen LogP contribution in [0.15, 0.2) is 0 Å². The summed E-state index contributed by atoms with van der Waals surface area (Å²) < 4.78 is 37.6. The molecule has 1 aliphatic heterocycles. The molecule has 1 unspecified atom stereocenters. The monoisotopic (exact) mass is 266 g/mol. The first-order chi connectivity index (χ1) is 8.14. The molecule has 0 saturated carbocycles. The van der Waals surface area contributed by atoms with Crippen LogP contribution in [0.5, 0.6) is 0 Å². The van der Waals surface area contributed by atoms with E-state index in [0.29, 0.717) is 19.5 Å². The van der Waals surface area contributed by atoms with E-state index < -0.39 is 24.0 Å². The number of alkyl halides is 3. The van der Waals surface area contributed by atoms with E-state index in [4.69, 9.17) is 0 Å². The van der Waals surface area contributed by atoms with Crippen LogP contribution in [-0.4, -0.2) is 43.2 Å². The summed E-state index contributed by atoms with van der Waals surface area (Å²) in [5, 5.41) is 3.04. The summed E-state index contributed by atoms with van der Waals surface area (Å²) in [4.78, 5) is 13.2. The maximum atomic E-state index is 12.5. The zero-order valence-corrected chi connectivity index (χ0v) is 11.1. The Morgan fingerprint density at radius 1 is 1.44 bits per heavy atom. The quantitative estimate of drug-likeness (QED) is 0.844. The Kier molecular flexibility index (Phi) is 4.64. The molecule has 1 atom stereocenters. The molecule has 1 saturated heterocycles. The van der Waals surface area contributed by atoms with Gasteiger partial charge in [-0.25, -0.2) is 0 Å². The summed E-state index contributed by atoms with van der Waals surface area (Å²) in [7, 11) is 0. The molecule has 1 fully saturated rings. The molecule has 1 rings (SSSR count). The standard InChI is InChI=1S/C12H21F3N2O/c1-9(2)6-17(8-12(13,14)15)10(18)11(3)4-5-16-7-11/h9,16H,4-8H2,1-3H3. The predicted molar refractivity (Wildman–Crippen MR) is 63.1 cm³/mol. The lowest BCUT2D eigenvalue weighted by Crippen LogP contribution is -2.48. The molecule has 0 bridgehead atoms. The fourth-order valence-corrected chi connectivity index (χ4v) is 2.26. The van der Waals surface area contributed by atoms with Crippen molar-refractivity contribution in [3.05, 3.63) is 0 Å². The Balaban J connectivity index is 2.78. The van der Waals surface area contributed by atoms with E-state index in [0.717, 1.165) is 4.90 Å². The number of rotatable bonds is 4. The van der Waals surface area contributed by atoms with E-state index >= 15 is 0 Å². The second-order valence-corrected chi connectivity index (χ2v) is 5.68. The highest BCUT2D eigenvalue weighted by molar-refractivity contribution is 5.83. The lowest BCUT2D eigenvalue weighted by Gasteiger charge is -2.32. The lowest BCUT2D eigenvalue weighted by molar-refractivity contribution is -0.167. The van der Waals surface area contributed by atoms with Gasteiger partial charge in [0.05, 0.1) is 5.41 Å². The fourth-order valence-electron chi connectivity index (χ4n) is 2.26. The molecule has 0 aliphatic carbocycles. The molecule has 0 spiro atoms.